The summed E-state index contributed by atoms with van der Waals surface area (Å²) in [4.78, 5) is 10.8. The topological polar surface area (TPSA) is 57.5 Å². The summed E-state index contributed by atoms with van der Waals surface area (Å²) in [7, 11) is 1.76. The van der Waals surface area contributed by atoms with Gasteiger partial charge in [-0.05, 0) is 49.2 Å². The summed E-state index contributed by atoms with van der Waals surface area (Å²) in [5.41, 5.74) is 2.65. The molecule has 4 rings (SSSR count). The van der Waals surface area contributed by atoms with Crippen LogP contribution in [0.4, 0.5) is 4.39 Å². The van der Waals surface area contributed by atoms with Crippen LogP contribution < -0.4 is 10.6 Å². The summed E-state index contributed by atoms with van der Waals surface area (Å²) in [5, 5.41) is 6.75. The number of benzene rings is 2. The van der Waals surface area contributed by atoms with E-state index in [1.54, 1.807) is 42.5 Å². The van der Waals surface area contributed by atoms with E-state index < -0.39 is 0 Å². The summed E-state index contributed by atoms with van der Waals surface area (Å²) >= 11 is 0. The fraction of sp³-hybridized carbons (Fsp3) is 0.333. The molecule has 0 bridgehead atoms. The second-order valence-corrected chi connectivity index (χ2v) is 7.73. The van der Waals surface area contributed by atoms with Gasteiger partial charge in [-0.15, -0.1) is 0 Å². The second-order valence-electron chi connectivity index (χ2n) is 7.73. The van der Waals surface area contributed by atoms with Crippen LogP contribution in [-0.4, -0.2) is 47.1 Å². The quantitative estimate of drug-likeness (QED) is 0.454. The summed E-state index contributed by atoms with van der Waals surface area (Å²) in [5.74, 6) is 0.428. The molecule has 0 spiro atoms. The van der Waals surface area contributed by atoms with E-state index in [1.165, 1.54) is 18.4 Å². The molecule has 6 nitrogen and oxygen atoms in total. The van der Waals surface area contributed by atoms with Gasteiger partial charge in [0.1, 0.15) is 5.82 Å². The van der Waals surface area contributed by atoms with Crippen LogP contribution in [0.5, 0.6) is 0 Å². The van der Waals surface area contributed by atoms with Gasteiger partial charge in [-0.3, -0.25) is 9.89 Å². The van der Waals surface area contributed by atoms with Crippen LogP contribution in [0.25, 0.3) is 5.69 Å². The number of aliphatic imine (C=N–C) groups is 1. The summed E-state index contributed by atoms with van der Waals surface area (Å²) in [6, 6.07) is 16.1. The van der Waals surface area contributed by atoms with E-state index in [-0.39, 0.29) is 5.82 Å². The third kappa shape index (κ3) is 5.30. The maximum absolute atomic E-state index is 14.5. The molecule has 0 radical (unpaired) electrons. The number of nitrogens with one attached hydrogen (secondary N) is 2. The van der Waals surface area contributed by atoms with Gasteiger partial charge in [0.05, 0.1) is 18.1 Å². The molecule has 1 unspecified atom stereocenters. The van der Waals surface area contributed by atoms with E-state index >= 15 is 0 Å². The van der Waals surface area contributed by atoms with E-state index in [2.05, 4.69) is 55.8 Å². The van der Waals surface area contributed by atoms with E-state index in [9.17, 15) is 4.39 Å². The first-order valence-electron chi connectivity index (χ1n) is 10.7. The molecule has 0 amide bonds. The molecule has 1 aliphatic heterocycles. The van der Waals surface area contributed by atoms with Gasteiger partial charge in [-0.25, -0.2) is 9.37 Å². The monoisotopic (exact) mass is 420 g/mol. The van der Waals surface area contributed by atoms with Crippen LogP contribution in [0.2, 0.25) is 0 Å². The van der Waals surface area contributed by atoms with Crippen molar-refractivity contribution < 1.29 is 4.39 Å². The fourth-order valence-corrected chi connectivity index (χ4v) is 4.06. The van der Waals surface area contributed by atoms with Crippen molar-refractivity contribution >= 4 is 5.96 Å². The molecule has 2 N–H and O–H groups in total. The van der Waals surface area contributed by atoms with E-state index in [1.807, 2.05) is 6.07 Å². The molecule has 3 aromatic rings. The van der Waals surface area contributed by atoms with Crippen molar-refractivity contribution in [1.82, 2.24) is 25.1 Å². The molecule has 1 aliphatic rings. The molecule has 1 atom stereocenters. The van der Waals surface area contributed by atoms with Crippen LogP contribution >= 0.6 is 0 Å². The van der Waals surface area contributed by atoms with Gasteiger partial charge in [-0.1, -0.05) is 36.4 Å². The van der Waals surface area contributed by atoms with Crippen molar-refractivity contribution in [2.75, 3.05) is 26.7 Å². The van der Waals surface area contributed by atoms with Crippen molar-refractivity contribution in [3.63, 3.8) is 0 Å². The van der Waals surface area contributed by atoms with Gasteiger partial charge >= 0.3 is 0 Å². The van der Waals surface area contributed by atoms with E-state index in [4.69, 9.17) is 0 Å². The Morgan fingerprint density at radius 3 is 2.61 bits per heavy atom. The highest BCUT2D eigenvalue weighted by Gasteiger charge is 2.23. The zero-order valence-corrected chi connectivity index (χ0v) is 17.8. The minimum absolute atomic E-state index is 0.279. The molecule has 31 heavy (non-hydrogen) atoms. The Morgan fingerprint density at radius 1 is 1.13 bits per heavy atom. The van der Waals surface area contributed by atoms with Crippen LogP contribution in [0.3, 0.4) is 0 Å². The first-order valence-corrected chi connectivity index (χ1v) is 10.7. The van der Waals surface area contributed by atoms with Gasteiger partial charge in [0.2, 0.25) is 0 Å². The summed E-state index contributed by atoms with van der Waals surface area (Å²) in [6.45, 7) is 3.49. The van der Waals surface area contributed by atoms with Crippen molar-refractivity contribution in [3.05, 3.63) is 84.2 Å². The lowest BCUT2D eigenvalue weighted by atomic mass is 10.1. The largest absolute Gasteiger partial charge is 0.354 e. The smallest absolute Gasteiger partial charge is 0.191 e. The van der Waals surface area contributed by atoms with Gasteiger partial charge in [-0.2, -0.15) is 0 Å². The predicted octanol–water partition coefficient (Wildman–Crippen LogP) is 3.51. The summed E-state index contributed by atoms with van der Waals surface area (Å²) < 4.78 is 16.2. The number of nitrogens with zero attached hydrogens (tertiary/aromatic N) is 4. The standard InChI is InChI=1S/C24H29FN6/c1-26-24(28-16-19-9-10-22(21(25)15-19)31-14-11-27-18-31)29-17-23(30-12-5-6-13-30)20-7-3-2-4-8-20/h2-4,7-11,14-15,18,23H,5-6,12-13,16-17H2,1H3,(H2,26,28,29). The number of likely N-dealkylation sites (tertiary alicyclic amines) is 1. The highest BCUT2D eigenvalue weighted by molar-refractivity contribution is 5.79. The Bertz CT molecular complexity index is 981. The SMILES string of the molecule is CN=C(NCc1ccc(-n2ccnc2)c(F)c1)NCC(c1ccccc1)N1CCCC1. The Kier molecular flexibility index (Phi) is 6.94. The molecule has 2 aromatic carbocycles. The average molecular weight is 421 g/mol. The lowest BCUT2D eigenvalue weighted by molar-refractivity contribution is 0.245. The Morgan fingerprint density at radius 2 is 1.94 bits per heavy atom. The van der Waals surface area contributed by atoms with Crippen LogP contribution in [0.15, 0.2) is 72.2 Å². The molecule has 1 fully saturated rings. The molecular formula is C24H29FN6. The van der Waals surface area contributed by atoms with Crippen molar-refractivity contribution in [3.8, 4) is 5.69 Å². The molecule has 0 saturated carbocycles. The lowest BCUT2D eigenvalue weighted by Crippen LogP contribution is -2.42. The van der Waals surface area contributed by atoms with Gasteiger partial charge in [0.25, 0.3) is 0 Å². The number of hydrogen-bond acceptors (Lipinski definition) is 3. The minimum Gasteiger partial charge on any atom is -0.354 e. The maximum atomic E-state index is 14.5. The Hall–Kier alpha value is -3.19. The van der Waals surface area contributed by atoms with Crippen molar-refractivity contribution in [2.24, 2.45) is 4.99 Å². The first-order chi connectivity index (χ1) is 15.2. The molecule has 1 saturated heterocycles. The van der Waals surface area contributed by atoms with Crippen LogP contribution in [0.1, 0.15) is 30.0 Å². The highest BCUT2D eigenvalue weighted by Crippen LogP contribution is 2.24. The molecule has 2 heterocycles. The Labute approximate surface area is 182 Å². The number of aromatic nitrogens is 2. The molecule has 0 aliphatic carbocycles. The first kappa shape index (κ1) is 21.1. The zero-order chi connectivity index (χ0) is 21.5. The fourth-order valence-electron chi connectivity index (χ4n) is 4.06. The number of halogens is 1. The molecule has 162 valence electrons. The molecule has 1 aromatic heterocycles. The van der Waals surface area contributed by atoms with E-state index in [0.717, 1.165) is 25.2 Å². The number of hydrogen-bond donors (Lipinski definition) is 2. The Balaban J connectivity index is 1.36. The van der Waals surface area contributed by atoms with Gasteiger partial charge in [0.15, 0.2) is 5.96 Å². The normalized spacial score (nSPS) is 15.7. The summed E-state index contributed by atoms with van der Waals surface area (Å²) in [6.07, 6.45) is 7.45. The van der Waals surface area contributed by atoms with E-state index in [0.29, 0.717) is 24.2 Å². The molecular weight excluding hydrogens is 391 g/mol. The van der Waals surface area contributed by atoms with Crippen molar-refractivity contribution in [1.29, 1.82) is 0 Å². The third-order valence-corrected chi connectivity index (χ3v) is 5.71. The van der Waals surface area contributed by atoms with Crippen molar-refractivity contribution in [2.45, 2.75) is 25.4 Å². The van der Waals surface area contributed by atoms with Crippen LogP contribution in [0, 0.1) is 5.82 Å². The second kappa shape index (κ2) is 10.2. The molecule has 7 heteroatoms. The minimum atomic E-state index is -0.279. The lowest BCUT2D eigenvalue weighted by Gasteiger charge is -2.29. The highest BCUT2D eigenvalue weighted by atomic mass is 19.1. The zero-order valence-electron chi connectivity index (χ0n) is 17.8. The number of guanidine groups is 1. The van der Waals surface area contributed by atoms with Crippen LogP contribution in [-0.2, 0) is 6.54 Å². The van der Waals surface area contributed by atoms with Gasteiger partial charge < -0.3 is 15.2 Å². The number of imidazole rings is 1. The predicted molar refractivity (Wildman–Crippen MR) is 122 cm³/mol. The average Bonchev–Trinajstić information content (AvgIpc) is 3.51. The maximum Gasteiger partial charge on any atom is 0.191 e. The van der Waals surface area contributed by atoms with Gasteiger partial charge in [0, 0.05) is 32.5 Å². The number of rotatable bonds is 7. The third-order valence-electron chi connectivity index (χ3n) is 5.71.